The second-order valence-electron chi connectivity index (χ2n) is 7.13. The molecular weight excluding hydrogens is 316 g/mol. The van der Waals surface area contributed by atoms with Crippen LogP contribution in [0.2, 0.25) is 0 Å². The maximum absolute atomic E-state index is 12.3. The Hall–Kier alpha value is -1.75. The Morgan fingerprint density at radius 1 is 1.12 bits per heavy atom. The smallest absolute Gasteiger partial charge is 0.222 e. The van der Waals surface area contributed by atoms with Crippen molar-refractivity contribution < 1.29 is 14.3 Å². The van der Waals surface area contributed by atoms with E-state index >= 15 is 0 Å². The second kappa shape index (κ2) is 9.09. The minimum atomic E-state index is 0.263. The monoisotopic (exact) mass is 346 g/mol. The van der Waals surface area contributed by atoms with Crippen molar-refractivity contribution in [1.29, 1.82) is 0 Å². The number of benzene rings is 1. The highest BCUT2D eigenvalue weighted by atomic mass is 16.5. The summed E-state index contributed by atoms with van der Waals surface area (Å²) in [5.74, 6) is 2.82. The van der Waals surface area contributed by atoms with Gasteiger partial charge in [-0.3, -0.25) is 4.79 Å². The molecule has 1 aromatic carbocycles. The number of hydrogen-bond donors (Lipinski definition) is 1. The molecule has 5 heteroatoms. The molecule has 0 bridgehead atoms. The van der Waals surface area contributed by atoms with Crippen molar-refractivity contribution in [1.82, 2.24) is 10.2 Å². The molecule has 1 aliphatic carbocycles. The van der Waals surface area contributed by atoms with Crippen LogP contribution in [0, 0.1) is 5.92 Å². The van der Waals surface area contributed by atoms with E-state index in [1.54, 1.807) is 7.11 Å². The van der Waals surface area contributed by atoms with E-state index in [-0.39, 0.29) is 5.91 Å². The van der Waals surface area contributed by atoms with Crippen LogP contribution in [-0.4, -0.2) is 50.2 Å². The number of carbonyl (C=O) groups excluding carboxylic acids is 1. The van der Waals surface area contributed by atoms with E-state index in [2.05, 4.69) is 5.32 Å². The number of piperidine rings is 1. The van der Waals surface area contributed by atoms with Gasteiger partial charge in [0.05, 0.1) is 13.7 Å². The van der Waals surface area contributed by atoms with Crippen LogP contribution in [-0.2, 0) is 4.79 Å². The van der Waals surface area contributed by atoms with Gasteiger partial charge in [-0.05, 0) is 68.8 Å². The minimum Gasteiger partial charge on any atom is -0.497 e. The summed E-state index contributed by atoms with van der Waals surface area (Å²) in [5.41, 5.74) is 0. The number of rotatable bonds is 9. The fraction of sp³-hybridized carbons (Fsp3) is 0.650. The van der Waals surface area contributed by atoms with Crippen molar-refractivity contribution in [3.05, 3.63) is 24.3 Å². The summed E-state index contributed by atoms with van der Waals surface area (Å²) < 4.78 is 10.8. The summed E-state index contributed by atoms with van der Waals surface area (Å²) in [7, 11) is 1.65. The molecule has 138 valence electrons. The van der Waals surface area contributed by atoms with Gasteiger partial charge in [0.1, 0.15) is 11.5 Å². The molecule has 1 saturated carbocycles. The van der Waals surface area contributed by atoms with Crippen LogP contribution in [0.5, 0.6) is 11.5 Å². The van der Waals surface area contributed by atoms with Crippen LogP contribution in [0.15, 0.2) is 24.3 Å². The summed E-state index contributed by atoms with van der Waals surface area (Å²) in [5, 5.41) is 3.65. The zero-order chi connectivity index (χ0) is 17.5. The van der Waals surface area contributed by atoms with Crippen molar-refractivity contribution in [2.45, 2.75) is 44.6 Å². The molecule has 3 rings (SSSR count). The largest absolute Gasteiger partial charge is 0.497 e. The number of methoxy groups -OCH3 is 1. The van der Waals surface area contributed by atoms with Crippen LogP contribution >= 0.6 is 0 Å². The number of ether oxygens (including phenoxy) is 2. The Labute approximate surface area is 150 Å². The first kappa shape index (κ1) is 18.1. The lowest BCUT2D eigenvalue weighted by Gasteiger charge is -2.32. The van der Waals surface area contributed by atoms with Crippen molar-refractivity contribution in [3.8, 4) is 11.5 Å². The van der Waals surface area contributed by atoms with E-state index in [9.17, 15) is 4.79 Å². The quantitative estimate of drug-likeness (QED) is 0.699. The Morgan fingerprint density at radius 3 is 2.44 bits per heavy atom. The van der Waals surface area contributed by atoms with E-state index < -0.39 is 0 Å². The summed E-state index contributed by atoms with van der Waals surface area (Å²) >= 11 is 0. The van der Waals surface area contributed by atoms with Crippen molar-refractivity contribution in [2.24, 2.45) is 5.92 Å². The molecule has 0 atom stereocenters. The van der Waals surface area contributed by atoms with Gasteiger partial charge in [-0.25, -0.2) is 0 Å². The Balaban J connectivity index is 1.27. The molecule has 2 aliphatic rings. The highest BCUT2D eigenvalue weighted by molar-refractivity contribution is 5.76. The van der Waals surface area contributed by atoms with Crippen LogP contribution in [0.4, 0.5) is 0 Å². The van der Waals surface area contributed by atoms with Gasteiger partial charge in [0, 0.05) is 25.6 Å². The van der Waals surface area contributed by atoms with Crippen LogP contribution in [0.1, 0.15) is 38.5 Å². The van der Waals surface area contributed by atoms with E-state index in [0.29, 0.717) is 19.1 Å². The van der Waals surface area contributed by atoms with Crippen LogP contribution < -0.4 is 14.8 Å². The number of amides is 1. The highest BCUT2D eigenvalue weighted by Gasteiger charge is 2.25. The molecule has 1 saturated heterocycles. The molecule has 25 heavy (non-hydrogen) atoms. The fourth-order valence-corrected chi connectivity index (χ4v) is 3.23. The molecule has 0 radical (unpaired) electrons. The average Bonchev–Trinajstić information content (AvgIpc) is 3.49. The average molecular weight is 346 g/mol. The predicted molar refractivity (Wildman–Crippen MR) is 98.1 cm³/mol. The van der Waals surface area contributed by atoms with Gasteiger partial charge in [-0.15, -0.1) is 0 Å². The number of nitrogens with one attached hydrogen (secondary N) is 1. The van der Waals surface area contributed by atoms with Gasteiger partial charge >= 0.3 is 0 Å². The van der Waals surface area contributed by atoms with Gasteiger partial charge in [0.25, 0.3) is 0 Å². The third-order valence-corrected chi connectivity index (χ3v) is 5.10. The van der Waals surface area contributed by atoms with Gasteiger partial charge < -0.3 is 19.7 Å². The first-order valence-electron chi connectivity index (χ1n) is 9.52. The molecule has 2 fully saturated rings. The molecule has 5 nitrogen and oxygen atoms in total. The molecule has 0 unspecified atom stereocenters. The number of carbonyl (C=O) groups is 1. The maximum atomic E-state index is 12.3. The first-order chi connectivity index (χ1) is 12.2. The molecule has 1 amide bonds. The standard InChI is InChI=1S/C20H30N2O3/c1-24-18-6-8-19(9-7-18)25-14-2-3-20(23)22-12-10-17(11-13-22)21-15-16-4-5-16/h6-9,16-17,21H,2-5,10-15H2,1H3. The number of likely N-dealkylation sites (tertiary alicyclic amines) is 1. The molecule has 1 aromatic rings. The molecule has 1 heterocycles. The summed E-state index contributed by atoms with van der Waals surface area (Å²) in [6, 6.07) is 8.13. The van der Waals surface area contributed by atoms with Gasteiger partial charge in [-0.1, -0.05) is 0 Å². The molecule has 1 aliphatic heterocycles. The minimum absolute atomic E-state index is 0.263. The maximum Gasteiger partial charge on any atom is 0.222 e. The fourth-order valence-electron chi connectivity index (χ4n) is 3.23. The SMILES string of the molecule is COc1ccc(OCCCC(=O)N2CCC(NCC3CC3)CC2)cc1. The third-order valence-electron chi connectivity index (χ3n) is 5.10. The number of hydrogen-bond acceptors (Lipinski definition) is 4. The van der Waals surface area contributed by atoms with Crippen LogP contribution in [0.25, 0.3) is 0 Å². The topological polar surface area (TPSA) is 50.8 Å². The van der Waals surface area contributed by atoms with Gasteiger partial charge in [-0.2, -0.15) is 0 Å². The van der Waals surface area contributed by atoms with E-state index in [4.69, 9.17) is 9.47 Å². The Morgan fingerprint density at radius 2 is 1.80 bits per heavy atom. The van der Waals surface area contributed by atoms with E-state index in [0.717, 1.165) is 49.8 Å². The van der Waals surface area contributed by atoms with E-state index in [1.807, 2.05) is 29.2 Å². The lowest BCUT2D eigenvalue weighted by molar-refractivity contribution is -0.132. The van der Waals surface area contributed by atoms with Crippen LogP contribution in [0.3, 0.4) is 0 Å². The van der Waals surface area contributed by atoms with Gasteiger partial charge in [0.15, 0.2) is 0 Å². The summed E-state index contributed by atoms with van der Waals surface area (Å²) in [6.45, 7) is 3.51. The summed E-state index contributed by atoms with van der Waals surface area (Å²) in [6.07, 6.45) is 6.27. The Kier molecular flexibility index (Phi) is 6.56. The van der Waals surface area contributed by atoms with Crippen molar-refractivity contribution in [3.63, 3.8) is 0 Å². The third kappa shape index (κ3) is 5.92. The lowest BCUT2D eigenvalue weighted by Crippen LogP contribution is -2.45. The molecular formula is C20H30N2O3. The molecule has 0 spiro atoms. The second-order valence-corrected chi connectivity index (χ2v) is 7.13. The predicted octanol–water partition coefficient (Wildman–Crippen LogP) is 2.84. The lowest BCUT2D eigenvalue weighted by atomic mass is 10.0. The van der Waals surface area contributed by atoms with Gasteiger partial charge in [0.2, 0.25) is 5.91 Å². The summed E-state index contributed by atoms with van der Waals surface area (Å²) in [4.78, 5) is 14.3. The normalized spacial score (nSPS) is 18.2. The Bertz CT molecular complexity index is 534. The number of nitrogens with zero attached hydrogens (tertiary/aromatic N) is 1. The van der Waals surface area contributed by atoms with E-state index in [1.165, 1.54) is 19.4 Å². The highest BCUT2D eigenvalue weighted by Crippen LogP contribution is 2.28. The first-order valence-corrected chi connectivity index (χ1v) is 9.52. The van der Waals surface area contributed by atoms with Crippen molar-refractivity contribution in [2.75, 3.05) is 33.4 Å². The van der Waals surface area contributed by atoms with Crippen molar-refractivity contribution >= 4 is 5.91 Å². The molecule has 0 aromatic heterocycles. The zero-order valence-corrected chi connectivity index (χ0v) is 15.2. The zero-order valence-electron chi connectivity index (χ0n) is 15.2. The molecule has 1 N–H and O–H groups in total.